The highest BCUT2D eigenvalue weighted by Gasteiger charge is 2.35. The maximum absolute atomic E-state index is 12.6. The first-order valence-electron chi connectivity index (χ1n) is 7.83. The maximum Gasteiger partial charge on any atom is 0.267 e. The average molecular weight is 415 g/mol. The Bertz CT molecular complexity index is 929. The van der Waals surface area contributed by atoms with Crippen molar-refractivity contribution in [1.29, 1.82) is 0 Å². The van der Waals surface area contributed by atoms with Crippen molar-refractivity contribution in [1.82, 2.24) is 0 Å². The third-order valence-electron chi connectivity index (χ3n) is 3.86. The Morgan fingerprint density at radius 1 is 1.23 bits per heavy atom. The molecule has 138 valence electrons. The van der Waals surface area contributed by atoms with Crippen LogP contribution in [0.3, 0.4) is 0 Å². The molecule has 1 unspecified atom stereocenters. The molecule has 9 heteroatoms. The molecule has 1 atom stereocenters. The zero-order chi connectivity index (χ0) is 18.9. The number of carbonyl (C=O) groups excluding carboxylic acids is 1. The van der Waals surface area contributed by atoms with Gasteiger partial charge in [0.1, 0.15) is 5.75 Å². The van der Waals surface area contributed by atoms with E-state index in [-0.39, 0.29) is 12.3 Å². The van der Waals surface area contributed by atoms with Crippen molar-refractivity contribution in [3.05, 3.63) is 52.5 Å². The van der Waals surface area contributed by atoms with Gasteiger partial charge >= 0.3 is 0 Å². The molecular weight excluding hydrogens is 399 g/mol. The Morgan fingerprint density at radius 2 is 1.88 bits per heavy atom. The van der Waals surface area contributed by atoms with E-state index in [9.17, 15) is 13.2 Å². The van der Waals surface area contributed by atoms with Crippen molar-refractivity contribution in [3.63, 3.8) is 0 Å². The number of ether oxygens (including phenoxy) is 1. The van der Waals surface area contributed by atoms with Gasteiger partial charge in [-0.05, 0) is 37.3 Å². The Morgan fingerprint density at radius 3 is 2.54 bits per heavy atom. The summed E-state index contributed by atoms with van der Waals surface area (Å²) in [6.45, 7) is 1.43. The predicted octanol–water partition coefficient (Wildman–Crippen LogP) is 3.55. The molecule has 0 aliphatic carbocycles. The molecule has 0 bridgehead atoms. The van der Waals surface area contributed by atoms with Gasteiger partial charge in [0.25, 0.3) is 5.91 Å². The molecule has 2 aromatic rings. The van der Waals surface area contributed by atoms with Crippen molar-refractivity contribution in [2.45, 2.75) is 13.0 Å². The van der Waals surface area contributed by atoms with E-state index < -0.39 is 22.0 Å². The average Bonchev–Trinajstić information content (AvgIpc) is 2.59. The van der Waals surface area contributed by atoms with Gasteiger partial charge in [0.2, 0.25) is 10.0 Å². The number of rotatable bonds is 4. The summed E-state index contributed by atoms with van der Waals surface area (Å²) < 4.78 is 31.8. The van der Waals surface area contributed by atoms with Gasteiger partial charge < -0.3 is 10.1 Å². The number of amides is 1. The van der Waals surface area contributed by atoms with Gasteiger partial charge in [-0.15, -0.1) is 0 Å². The summed E-state index contributed by atoms with van der Waals surface area (Å²) in [5.74, 6) is -0.242. The van der Waals surface area contributed by atoms with Crippen LogP contribution in [0.5, 0.6) is 5.75 Å². The number of hydrogen-bond donors (Lipinski definition) is 1. The number of hydrogen-bond acceptors (Lipinski definition) is 4. The minimum absolute atomic E-state index is 0.0838. The van der Waals surface area contributed by atoms with E-state index in [0.29, 0.717) is 27.2 Å². The SMILES string of the molecule is CCS(=O)(=O)N1CC(C(=O)Nc2cc(Cl)cc(Cl)c2)Oc2ccccc21. The van der Waals surface area contributed by atoms with E-state index in [0.717, 1.165) is 0 Å². The van der Waals surface area contributed by atoms with Gasteiger partial charge in [-0.2, -0.15) is 0 Å². The number of halogens is 2. The second kappa shape index (κ2) is 7.34. The van der Waals surface area contributed by atoms with Crippen LogP contribution in [-0.4, -0.2) is 32.7 Å². The molecule has 0 fully saturated rings. The van der Waals surface area contributed by atoms with Crippen LogP contribution in [0.25, 0.3) is 0 Å². The molecule has 1 N–H and O–H groups in total. The number of anilines is 2. The lowest BCUT2D eigenvalue weighted by atomic mass is 10.2. The van der Waals surface area contributed by atoms with Crippen LogP contribution in [0.4, 0.5) is 11.4 Å². The van der Waals surface area contributed by atoms with E-state index >= 15 is 0 Å². The summed E-state index contributed by atoms with van der Waals surface area (Å²) in [5, 5.41) is 3.41. The molecule has 0 aromatic heterocycles. The van der Waals surface area contributed by atoms with Crippen molar-refractivity contribution in [3.8, 4) is 5.75 Å². The Balaban J connectivity index is 1.88. The largest absolute Gasteiger partial charge is 0.476 e. The fraction of sp³-hybridized carbons (Fsp3) is 0.235. The summed E-state index contributed by atoms with van der Waals surface area (Å²) in [6.07, 6.45) is -1.01. The first-order chi connectivity index (χ1) is 12.3. The molecule has 0 saturated heterocycles. The first kappa shape index (κ1) is 18.8. The minimum Gasteiger partial charge on any atom is -0.476 e. The predicted molar refractivity (Wildman–Crippen MR) is 103 cm³/mol. The van der Waals surface area contributed by atoms with Gasteiger partial charge in [0.15, 0.2) is 6.10 Å². The Kier molecular flexibility index (Phi) is 5.32. The van der Waals surface area contributed by atoms with Crippen LogP contribution in [0.1, 0.15) is 6.92 Å². The summed E-state index contributed by atoms with van der Waals surface area (Å²) in [4.78, 5) is 12.6. The number of nitrogens with one attached hydrogen (secondary N) is 1. The van der Waals surface area contributed by atoms with E-state index in [1.54, 1.807) is 49.4 Å². The van der Waals surface area contributed by atoms with E-state index in [4.69, 9.17) is 27.9 Å². The third kappa shape index (κ3) is 3.90. The fourth-order valence-corrected chi connectivity index (χ4v) is 4.26. The molecule has 6 nitrogen and oxygen atoms in total. The molecular formula is C17H16Cl2N2O4S. The molecule has 1 aliphatic rings. The van der Waals surface area contributed by atoms with Gasteiger partial charge in [-0.1, -0.05) is 35.3 Å². The number of carbonyl (C=O) groups is 1. The summed E-state index contributed by atoms with van der Waals surface area (Å²) >= 11 is 11.9. The Labute approximate surface area is 161 Å². The van der Waals surface area contributed by atoms with Crippen molar-refractivity contribution in [2.75, 3.05) is 21.9 Å². The molecule has 3 rings (SSSR count). The number of sulfonamides is 1. The molecule has 0 radical (unpaired) electrons. The standard InChI is InChI=1S/C17H16Cl2N2O4S/c1-2-26(23,24)21-10-16(25-15-6-4-3-5-14(15)21)17(22)20-13-8-11(18)7-12(19)9-13/h3-9,16H,2,10H2,1H3,(H,20,22). The van der Waals surface area contributed by atoms with E-state index in [1.807, 2.05) is 0 Å². The summed E-state index contributed by atoms with van der Waals surface area (Å²) in [6, 6.07) is 11.3. The van der Waals surface area contributed by atoms with Crippen LogP contribution in [0, 0.1) is 0 Å². The van der Waals surface area contributed by atoms with E-state index in [2.05, 4.69) is 5.32 Å². The highest BCUT2D eigenvalue weighted by atomic mass is 35.5. The van der Waals surface area contributed by atoms with E-state index in [1.165, 1.54) is 4.31 Å². The number of fused-ring (bicyclic) bond motifs is 1. The molecule has 2 aromatic carbocycles. The summed E-state index contributed by atoms with van der Waals surface area (Å²) in [7, 11) is -3.56. The number of nitrogens with zero attached hydrogens (tertiary/aromatic N) is 1. The van der Waals surface area contributed by atoms with Gasteiger partial charge in [0.05, 0.1) is 18.0 Å². The summed E-state index contributed by atoms with van der Waals surface area (Å²) in [5.41, 5.74) is 0.823. The number of benzene rings is 2. The van der Waals surface area contributed by atoms with Crippen molar-refractivity contribution < 1.29 is 17.9 Å². The molecule has 1 amide bonds. The molecule has 26 heavy (non-hydrogen) atoms. The van der Waals surface area contributed by atoms with Crippen molar-refractivity contribution >= 4 is 50.5 Å². The molecule has 1 heterocycles. The van der Waals surface area contributed by atoms with Crippen LogP contribution in [0.15, 0.2) is 42.5 Å². The molecule has 0 saturated carbocycles. The highest BCUT2D eigenvalue weighted by Crippen LogP contribution is 2.35. The zero-order valence-electron chi connectivity index (χ0n) is 13.8. The second-order valence-electron chi connectivity index (χ2n) is 5.65. The van der Waals surface area contributed by atoms with Crippen LogP contribution in [0.2, 0.25) is 10.0 Å². The van der Waals surface area contributed by atoms with Gasteiger partial charge in [-0.25, -0.2) is 8.42 Å². The third-order valence-corrected chi connectivity index (χ3v) is 6.04. The highest BCUT2D eigenvalue weighted by molar-refractivity contribution is 7.92. The van der Waals surface area contributed by atoms with Crippen LogP contribution < -0.4 is 14.4 Å². The second-order valence-corrected chi connectivity index (χ2v) is 8.71. The van der Waals surface area contributed by atoms with Crippen molar-refractivity contribution in [2.24, 2.45) is 0 Å². The first-order valence-corrected chi connectivity index (χ1v) is 10.2. The molecule has 1 aliphatic heterocycles. The zero-order valence-corrected chi connectivity index (χ0v) is 16.1. The van der Waals surface area contributed by atoms with Gasteiger partial charge in [0, 0.05) is 15.7 Å². The van der Waals surface area contributed by atoms with Gasteiger partial charge in [-0.3, -0.25) is 9.10 Å². The normalized spacial score (nSPS) is 16.6. The lowest BCUT2D eigenvalue weighted by Gasteiger charge is -2.34. The van der Waals surface area contributed by atoms with Crippen LogP contribution in [-0.2, 0) is 14.8 Å². The molecule has 0 spiro atoms. The lowest BCUT2D eigenvalue weighted by Crippen LogP contribution is -2.49. The maximum atomic E-state index is 12.6. The minimum atomic E-state index is -3.56. The lowest BCUT2D eigenvalue weighted by molar-refractivity contribution is -0.122. The monoisotopic (exact) mass is 414 g/mol. The fourth-order valence-electron chi connectivity index (χ4n) is 2.61. The van der Waals surface area contributed by atoms with Crippen LogP contribution >= 0.6 is 23.2 Å². The smallest absolute Gasteiger partial charge is 0.267 e. The quantitative estimate of drug-likeness (QED) is 0.829. The topological polar surface area (TPSA) is 75.7 Å². The Hall–Kier alpha value is -1.96. The number of para-hydroxylation sites is 2.